The summed E-state index contributed by atoms with van der Waals surface area (Å²) in [5.74, 6) is -0.0511. The van der Waals surface area contributed by atoms with Crippen molar-refractivity contribution >= 4 is 17.7 Å². The van der Waals surface area contributed by atoms with Crippen LogP contribution in [0.2, 0.25) is 0 Å². The number of aliphatic carboxylic acids is 1. The minimum atomic E-state index is -0.652. The molecule has 1 aromatic rings. The predicted molar refractivity (Wildman–Crippen MR) is 75.0 cm³/mol. The molecule has 1 fully saturated rings. The van der Waals surface area contributed by atoms with E-state index in [1.165, 1.54) is 17.3 Å². The number of hydrogen-bond donors (Lipinski definition) is 1. The first-order valence-electron chi connectivity index (χ1n) is 6.55. The maximum atomic E-state index is 11.5. The van der Waals surface area contributed by atoms with Crippen LogP contribution in [0.15, 0.2) is 29.2 Å². The van der Waals surface area contributed by atoms with Crippen LogP contribution in [0, 0.1) is 12.8 Å². The van der Waals surface area contributed by atoms with Gasteiger partial charge in [0.25, 0.3) is 0 Å². The SMILES string of the molecule is CCCC1CC(Sc2cccc(C)c2)(C(=O)O)C1. The molecule has 1 N–H and O–H groups in total. The molecule has 1 aliphatic carbocycles. The second-order valence-electron chi connectivity index (χ2n) is 5.28. The van der Waals surface area contributed by atoms with E-state index in [0.29, 0.717) is 5.92 Å². The first-order chi connectivity index (χ1) is 8.55. The Balaban J connectivity index is 2.07. The Morgan fingerprint density at radius 3 is 2.78 bits per heavy atom. The highest BCUT2D eigenvalue weighted by atomic mass is 32.2. The summed E-state index contributed by atoms with van der Waals surface area (Å²) in [5, 5.41) is 9.48. The lowest BCUT2D eigenvalue weighted by Crippen LogP contribution is -2.47. The fraction of sp³-hybridized carbons (Fsp3) is 0.533. The molecule has 0 bridgehead atoms. The van der Waals surface area contributed by atoms with Crippen molar-refractivity contribution in [1.29, 1.82) is 0 Å². The number of carbonyl (C=O) groups is 1. The van der Waals surface area contributed by atoms with E-state index in [-0.39, 0.29) is 0 Å². The molecule has 98 valence electrons. The first-order valence-corrected chi connectivity index (χ1v) is 7.36. The molecule has 0 atom stereocenters. The van der Waals surface area contributed by atoms with Crippen LogP contribution in [0.4, 0.5) is 0 Å². The summed E-state index contributed by atoms with van der Waals surface area (Å²) in [5.41, 5.74) is 1.19. The number of carboxylic acids is 1. The van der Waals surface area contributed by atoms with Gasteiger partial charge in [0, 0.05) is 4.90 Å². The fourth-order valence-electron chi connectivity index (χ4n) is 2.69. The van der Waals surface area contributed by atoms with Crippen molar-refractivity contribution in [3.8, 4) is 0 Å². The van der Waals surface area contributed by atoms with Crippen molar-refractivity contribution in [2.75, 3.05) is 0 Å². The largest absolute Gasteiger partial charge is 0.480 e. The van der Waals surface area contributed by atoms with E-state index in [0.717, 1.165) is 30.6 Å². The molecule has 0 saturated heterocycles. The number of hydrogen-bond acceptors (Lipinski definition) is 2. The van der Waals surface area contributed by atoms with E-state index >= 15 is 0 Å². The third-order valence-corrected chi connectivity index (χ3v) is 5.01. The van der Waals surface area contributed by atoms with E-state index in [4.69, 9.17) is 0 Å². The summed E-state index contributed by atoms with van der Waals surface area (Å²) in [6.45, 7) is 4.20. The molecule has 1 aliphatic rings. The third kappa shape index (κ3) is 2.72. The Morgan fingerprint density at radius 2 is 2.22 bits per heavy atom. The summed E-state index contributed by atoms with van der Waals surface area (Å²) in [4.78, 5) is 12.6. The molecule has 3 heteroatoms. The summed E-state index contributed by atoms with van der Waals surface area (Å²) >= 11 is 1.53. The summed E-state index contributed by atoms with van der Waals surface area (Å²) in [6, 6.07) is 8.12. The van der Waals surface area contributed by atoms with Crippen molar-refractivity contribution in [3.63, 3.8) is 0 Å². The molecule has 18 heavy (non-hydrogen) atoms. The second kappa shape index (κ2) is 5.35. The maximum absolute atomic E-state index is 11.5. The molecule has 0 spiro atoms. The molecule has 1 saturated carbocycles. The lowest BCUT2D eigenvalue weighted by atomic mass is 9.72. The van der Waals surface area contributed by atoms with Crippen molar-refractivity contribution in [2.45, 2.75) is 49.2 Å². The molecule has 0 heterocycles. The van der Waals surface area contributed by atoms with Crippen LogP contribution in [0.1, 0.15) is 38.2 Å². The van der Waals surface area contributed by atoms with Gasteiger partial charge in [0.2, 0.25) is 0 Å². The number of rotatable bonds is 5. The molecule has 0 unspecified atom stereocenters. The van der Waals surface area contributed by atoms with Gasteiger partial charge in [-0.05, 0) is 37.8 Å². The number of carboxylic acid groups (broad SMARTS) is 1. The lowest BCUT2D eigenvalue weighted by molar-refractivity contribution is -0.143. The quantitative estimate of drug-likeness (QED) is 0.869. The molecule has 0 amide bonds. The van der Waals surface area contributed by atoms with Crippen molar-refractivity contribution in [1.82, 2.24) is 0 Å². The summed E-state index contributed by atoms with van der Waals surface area (Å²) in [7, 11) is 0. The van der Waals surface area contributed by atoms with Gasteiger partial charge in [-0.15, -0.1) is 11.8 Å². The van der Waals surface area contributed by atoms with E-state index in [1.54, 1.807) is 0 Å². The fourth-order valence-corrected chi connectivity index (χ4v) is 4.26. The topological polar surface area (TPSA) is 37.3 Å². The molecular weight excluding hydrogens is 244 g/mol. The Bertz CT molecular complexity index is 436. The first kappa shape index (κ1) is 13.5. The zero-order chi connectivity index (χ0) is 13.2. The number of benzene rings is 1. The summed E-state index contributed by atoms with van der Waals surface area (Å²) < 4.78 is -0.576. The molecule has 0 aromatic heterocycles. The Morgan fingerprint density at radius 1 is 1.50 bits per heavy atom. The van der Waals surface area contributed by atoms with Gasteiger partial charge < -0.3 is 5.11 Å². The molecular formula is C15H20O2S. The standard InChI is InChI=1S/C15H20O2S/c1-3-5-12-9-15(10-12,14(16)17)18-13-7-4-6-11(2)8-13/h4,6-8,12H,3,5,9-10H2,1-2H3,(H,16,17). The molecule has 2 rings (SSSR count). The van der Waals surface area contributed by atoms with Crippen LogP contribution in [0.5, 0.6) is 0 Å². The van der Waals surface area contributed by atoms with Gasteiger partial charge in [0.15, 0.2) is 0 Å². The molecule has 2 nitrogen and oxygen atoms in total. The minimum Gasteiger partial charge on any atom is -0.480 e. The third-order valence-electron chi connectivity index (χ3n) is 3.63. The van der Waals surface area contributed by atoms with E-state index < -0.39 is 10.7 Å². The highest BCUT2D eigenvalue weighted by Crippen LogP contribution is 2.52. The molecule has 1 aromatic carbocycles. The normalized spacial score (nSPS) is 26.7. The Hall–Kier alpha value is -0.960. The minimum absolute atomic E-state index is 0.576. The number of thioether (sulfide) groups is 1. The molecule has 0 aliphatic heterocycles. The maximum Gasteiger partial charge on any atom is 0.320 e. The van der Waals surface area contributed by atoms with Crippen molar-refractivity contribution in [2.24, 2.45) is 5.92 Å². The van der Waals surface area contributed by atoms with Crippen LogP contribution in [0.3, 0.4) is 0 Å². The Labute approximate surface area is 113 Å². The van der Waals surface area contributed by atoms with Gasteiger partial charge in [-0.1, -0.05) is 37.5 Å². The van der Waals surface area contributed by atoms with Gasteiger partial charge in [0.05, 0.1) is 0 Å². The zero-order valence-corrected chi connectivity index (χ0v) is 11.8. The highest BCUT2D eigenvalue weighted by molar-refractivity contribution is 8.01. The van der Waals surface area contributed by atoms with Crippen LogP contribution >= 0.6 is 11.8 Å². The van der Waals surface area contributed by atoms with E-state index in [9.17, 15) is 9.90 Å². The van der Waals surface area contributed by atoms with Gasteiger partial charge in [-0.3, -0.25) is 4.79 Å². The van der Waals surface area contributed by atoms with E-state index in [1.807, 2.05) is 25.1 Å². The monoisotopic (exact) mass is 264 g/mol. The second-order valence-corrected chi connectivity index (χ2v) is 6.74. The summed E-state index contributed by atoms with van der Waals surface area (Å²) in [6.07, 6.45) is 3.93. The number of aryl methyl sites for hydroxylation is 1. The van der Waals surface area contributed by atoms with Crippen molar-refractivity contribution < 1.29 is 9.90 Å². The van der Waals surface area contributed by atoms with E-state index in [2.05, 4.69) is 13.0 Å². The van der Waals surface area contributed by atoms with Gasteiger partial charge >= 0.3 is 5.97 Å². The predicted octanol–water partition coefficient (Wildman–Crippen LogP) is 4.12. The molecule has 0 radical (unpaired) electrons. The van der Waals surface area contributed by atoms with Gasteiger partial charge in [-0.2, -0.15) is 0 Å². The van der Waals surface area contributed by atoms with Gasteiger partial charge in [-0.25, -0.2) is 0 Å². The van der Waals surface area contributed by atoms with Crippen LogP contribution in [0.25, 0.3) is 0 Å². The lowest BCUT2D eigenvalue weighted by Gasteiger charge is -2.44. The zero-order valence-electron chi connectivity index (χ0n) is 11.0. The highest BCUT2D eigenvalue weighted by Gasteiger charge is 2.50. The average molecular weight is 264 g/mol. The van der Waals surface area contributed by atoms with Crippen molar-refractivity contribution in [3.05, 3.63) is 29.8 Å². The van der Waals surface area contributed by atoms with Gasteiger partial charge in [0.1, 0.15) is 4.75 Å². The average Bonchev–Trinajstić information content (AvgIpc) is 2.25. The Kier molecular flexibility index (Phi) is 4.00. The van der Waals surface area contributed by atoms with Crippen LogP contribution in [-0.4, -0.2) is 15.8 Å². The van der Waals surface area contributed by atoms with Crippen LogP contribution < -0.4 is 0 Å². The van der Waals surface area contributed by atoms with Crippen LogP contribution in [-0.2, 0) is 4.79 Å². The smallest absolute Gasteiger partial charge is 0.320 e.